The zero-order valence-electron chi connectivity index (χ0n) is 16.4. The fourth-order valence-corrected chi connectivity index (χ4v) is 4.03. The number of carbonyl (C=O) groups excluding carboxylic acids is 2. The monoisotopic (exact) mass is 446 g/mol. The van der Waals surface area contributed by atoms with Crippen molar-refractivity contribution in [2.24, 2.45) is 5.92 Å². The van der Waals surface area contributed by atoms with Crippen molar-refractivity contribution in [3.8, 4) is 5.69 Å². The second-order valence-electron chi connectivity index (χ2n) is 7.32. The maximum atomic E-state index is 12.6. The summed E-state index contributed by atoms with van der Waals surface area (Å²) in [5, 5.41) is 10.4. The number of nitrogens with one attached hydrogen (secondary N) is 2. The van der Waals surface area contributed by atoms with Gasteiger partial charge in [0, 0.05) is 23.5 Å². The second kappa shape index (κ2) is 9.37. The Kier molecular flexibility index (Phi) is 6.88. The SMILES string of the molecule is Cc1nn(-c2ccc(Br)cc2)c(C)c1C(=O)NCCNC(=O)C1CCCCC1. The van der Waals surface area contributed by atoms with Crippen LogP contribution >= 0.6 is 15.9 Å². The molecular formula is C21H27BrN4O2. The average Bonchev–Trinajstić information content (AvgIpc) is 3.00. The number of nitrogens with zero attached hydrogens (tertiary/aromatic N) is 2. The zero-order chi connectivity index (χ0) is 20.1. The first-order valence-corrected chi connectivity index (χ1v) is 10.6. The second-order valence-corrected chi connectivity index (χ2v) is 8.23. The third kappa shape index (κ3) is 4.82. The van der Waals surface area contributed by atoms with E-state index in [-0.39, 0.29) is 17.7 Å². The van der Waals surface area contributed by atoms with Gasteiger partial charge in [0.2, 0.25) is 5.91 Å². The highest BCUT2D eigenvalue weighted by Gasteiger charge is 2.21. The molecule has 6 nitrogen and oxygen atoms in total. The minimum absolute atomic E-state index is 0.115. The van der Waals surface area contributed by atoms with Crippen molar-refractivity contribution in [1.82, 2.24) is 20.4 Å². The van der Waals surface area contributed by atoms with E-state index in [0.29, 0.717) is 24.3 Å². The van der Waals surface area contributed by atoms with Crippen LogP contribution in [-0.2, 0) is 4.79 Å². The Morgan fingerprint density at radius 3 is 2.39 bits per heavy atom. The molecule has 1 aliphatic carbocycles. The summed E-state index contributed by atoms with van der Waals surface area (Å²) in [6.45, 7) is 4.57. The predicted octanol–water partition coefficient (Wildman–Crippen LogP) is 3.68. The van der Waals surface area contributed by atoms with E-state index in [1.165, 1.54) is 6.42 Å². The molecule has 1 aliphatic rings. The van der Waals surface area contributed by atoms with Gasteiger partial charge >= 0.3 is 0 Å². The minimum atomic E-state index is -0.162. The molecular weight excluding hydrogens is 420 g/mol. The number of amides is 2. The molecule has 1 fully saturated rings. The molecule has 2 aromatic rings. The summed E-state index contributed by atoms with van der Waals surface area (Å²) < 4.78 is 2.77. The first-order chi connectivity index (χ1) is 13.5. The molecule has 1 aromatic carbocycles. The number of benzene rings is 1. The average molecular weight is 447 g/mol. The number of aryl methyl sites for hydroxylation is 1. The van der Waals surface area contributed by atoms with Gasteiger partial charge in [0.15, 0.2) is 0 Å². The quantitative estimate of drug-likeness (QED) is 0.664. The van der Waals surface area contributed by atoms with Crippen molar-refractivity contribution in [3.05, 3.63) is 45.7 Å². The van der Waals surface area contributed by atoms with Crippen LogP contribution in [0.5, 0.6) is 0 Å². The van der Waals surface area contributed by atoms with Gasteiger partial charge in [0.25, 0.3) is 5.91 Å². The first kappa shape index (κ1) is 20.6. The van der Waals surface area contributed by atoms with Crippen molar-refractivity contribution in [1.29, 1.82) is 0 Å². The summed E-state index contributed by atoms with van der Waals surface area (Å²) in [6, 6.07) is 7.79. The lowest BCUT2D eigenvalue weighted by molar-refractivity contribution is -0.125. The lowest BCUT2D eigenvalue weighted by atomic mass is 9.89. The molecule has 1 aromatic heterocycles. The van der Waals surface area contributed by atoms with Gasteiger partial charge in [0.05, 0.1) is 22.6 Å². The van der Waals surface area contributed by atoms with Crippen molar-refractivity contribution < 1.29 is 9.59 Å². The summed E-state index contributed by atoms with van der Waals surface area (Å²) >= 11 is 3.43. The predicted molar refractivity (Wildman–Crippen MR) is 113 cm³/mol. The lowest BCUT2D eigenvalue weighted by Gasteiger charge is -2.20. The molecule has 2 N–H and O–H groups in total. The topological polar surface area (TPSA) is 76.0 Å². The zero-order valence-corrected chi connectivity index (χ0v) is 18.0. The smallest absolute Gasteiger partial charge is 0.255 e. The van der Waals surface area contributed by atoms with E-state index in [4.69, 9.17) is 0 Å². The van der Waals surface area contributed by atoms with Crippen LogP contribution in [0.2, 0.25) is 0 Å². The van der Waals surface area contributed by atoms with E-state index in [1.54, 1.807) is 4.68 Å². The molecule has 0 bridgehead atoms. The van der Waals surface area contributed by atoms with E-state index in [0.717, 1.165) is 41.5 Å². The molecule has 7 heteroatoms. The number of hydrogen-bond acceptors (Lipinski definition) is 3. The van der Waals surface area contributed by atoms with Crippen LogP contribution in [0.25, 0.3) is 5.69 Å². The molecule has 0 radical (unpaired) electrons. The van der Waals surface area contributed by atoms with E-state index in [2.05, 4.69) is 31.7 Å². The Morgan fingerprint density at radius 2 is 1.71 bits per heavy atom. The maximum absolute atomic E-state index is 12.6. The highest BCUT2D eigenvalue weighted by Crippen LogP contribution is 2.23. The summed E-state index contributed by atoms with van der Waals surface area (Å²) in [6.07, 6.45) is 5.45. The standard InChI is InChI=1S/C21H27BrN4O2/c1-14-19(15(2)26(25-14)18-10-8-17(22)9-11-18)21(28)24-13-12-23-20(27)16-6-4-3-5-7-16/h8-11,16H,3-7,12-13H2,1-2H3,(H,23,27)(H,24,28). The number of aromatic nitrogens is 2. The van der Waals surface area contributed by atoms with Crippen LogP contribution in [0.1, 0.15) is 53.8 Å². The van der Waals surface area contributed by atoms with E-state index >= 15 is 0 Å². The van der Waals surface area contributed by atoms with Gasteiger partial charge in [0.1, 0.15) is 0 Å². The van der Waals surface area contributed by atoms with Gasteiger partial charge in [-0.25, -0.2) is 4.68 Å². The van der Waals surface area contributed by atoms with Gasteiger partial charge in [-0.2, -0.15) is 5.10 Å². The van der Waals surface area contributed by atoms with Crippen molar-refractivity contribution >= 4 is 27.7 Å². The molecule has 0 aliphatic heterocycles. The molecule has 0 saturated heterocycles. The third-order valence-electron chi connectivity index (χ3n) is 5.28. The Bertz CT molecular complexity index is 839. The summed E-state index contributed by atoms with van der Waals surface area (Å²) in [4.78, 5) is 24.8. The van der Waals surface area contributed by atoms with Gasteiger partial charge in [-0.3, -0.25) is 9.59 Å². The van der Waals surface area contributed by atoms with Gasteiger partial charge in [-0.1, -0.05) is 35.2 Å². The fraction of sp³-hybridized carbons (Fsp3) is 0.476. The van der Waals surface area contributed by atoms with Gasteiger partial charge in [-0.05, 0) is 51.0 Å². The number of rotatable bonds is 6. The summed E-state index contributed by atoms with van der Waals surface area (Å²) in [5.41, 5.74) is 2.97. The summed E-state index contributed by atoms with van der Waals surface area (Å²) in [5.74, 6) is 0.0905. The van der Waals surface area contributed by atoms with Gasteiger partial charge in [-0.15, -0.1) is 0 Å². The van der Waals surface area contributed by atoms with Crippen molar-refractivity contribution in [2.75, 3.05) is 13.1 Å². The number of hydrogen-bond donors (Lipinski definition) is 2. The molecule has 0 atom stereocenters. The largest absolute Gasteiger partial charge is 0.354 e. The molecule has 0 unspecified atom stereocenters. The van der Waals surface area contributed by atoms with Crippen molar-refractivity contribution in [3.63, 3.8) is 0 Å². The van der Waals surface area contributed by atoms with Crippen molar-refractivity contribution in [2.45, 2.75) is 46.0 Å². The Hall–Kier alpha value is -2.15. The van der Waals surface area contributed by atoms with Crippen LogP contribution < -0.4 is 10.6 Å². The summed E-state index contributed by atoms with van der Waals surface area (Å²) in [7, 11) is 0. The molecule has 1 saturated carbocycles. The third-order valence-corrected chi connectivity index (χ3v) is 5.80. The van der Waals surface area contributed by atoms with Crippen LogP contribution in [0, 0.1) is 19.8 Å². The maximum Gasteiger partial charge on any atom is 0.255 e. The molecule has 2 amide bonds. The number of halogens is 1. The van der Waals surface area contributed by atoms with Crippen LogP contribution in [0.3, 0.4) is 0 Å². The van der Waals surface area contributed by atoms with Crippen LogP contribution in [0.4, 0.5) is 0 Å². The molecule has 28 heavy (non-hydrogen) atoms. The number of carbonyl (C=O) groups is 2. The highest BCUT2D eigenvalue weighted by molar-refractivity contribution is 9.10. The first-order valence-electron chi connectivity index (χ1n) is 9.85. The van der Waals surface area contributed by atoms with Gasteiger partial charge < -0.3 is 10.6 Å². The van der Waals surface area contributed by atoms with E-state index in [1.807, 2.05) is 38.1 Å². The van der Waals surface area contributed by atoms with Crippen LogP contribution in [0.15, 0.2) is 28.7 Å². The Labute approximate surface area is 174 Å². The molecule has 150 valence electrons. The molecule has 0 spiro atoms. The normalized spacial score (nSPS) is 14.7. The lowest BCUT2D eigenvalue weighted by Crippen LogP contribution is -2.38. The van der Waals surface area contributed by atoms with E-state index < -0.39 is 0 Å². The Morgan fingerprint density at radius 1 is 1.07 bits per heavy atom. The minimum Gasteiger partial charge on any atom is -0.354 e. The van der Waals surface area contributed by atoms with E-state index in [9.17, 15) is 9.59 Å². The van der Waals surface area contributed by atoms with Crippen LogP contribution in [-0.4, -0.2) is 34.7 Å². The molecule has 1 heterocycles. The molecule has 3 rings (SSSR count). The Balaban J connectivity index is 1.55. The highest BCUT2D eigenvalue weighted by atomic mass is 79.9. The fourth-order valence-electron chi connectivity index (χ4n) is 3.76.